The number of carbonyl (C=O) groups is 1. The maximum atomic E-state index is 11.9. The fourth-order valence-corrected chi connectivity index (χ4v) is 2.04. The highest BCUT2D eigenvalue weighted by molar-refractivity contribution is 6.42. The molecule has 0 aliphatic carbocycles. The minimum absolute atomic E-state index is 0.206. The number of methoxy groups -OCH3 is 1. The third-order valence-corrected chi connectivity index (χ3v) is 3.54. The first-order chi connectivity index (χ1) is 10.6. The van der Waals surface area contributed by atoms with Crippen LogP contribution in [0.15, 0.2) is 36.7 Å². The standard InChI is InChI=1S/C15H15Cl2N3O2/c1-22-5-4-19-15(21)10-6-12(9-18-8-10)20-11-2-3-13(16)14(17)7-11/h2-3,6-9,20H,4-5H2,1H3,(H,19,21). The third kappa shape index (κ3) is 4.59. The predicted octanol–water partition coefficient (Wildman–Crippen LogP) is 3.51. The van der Waals surface area contributed by atoms with E-state index in [2.05, 4.69) is 15.6 Å². The Balaban J connectivity index is 2.07. The summed E-state index contributed by atoms with van der Waals surface area (Å²) < 4.78 is 4.89. The van der Waals surface area contributed by atoms with Crippen molar-refractivity contribution in [1.82, 2.24) is 10.3 Å². The lowest BCUT2D eigenvalue weighted by atomic mass is 10.2. The van der Waals surface area contributed by atoms with Gasteiger partial charge in [-0.1, -0.05) is 23.2 Å². The number of carbonyl (C=O) groups excluding carboxylic acids is 1. The number of ether oxygens (including phenoxy) is 1. The Hall–Kier alpha value is -1.82. The number of benzene rings is 1. The smallest absolute Gasteiger partial charge is 0.253 e. The Morgan fingerprint density at radius 2 is 2.00 bits per heavy atom. The van der Waals surface area contributed by atoms with Gasteiger partial charge in [-0.25, -0.2) is 0 Å². The fraction of sp³-hybridized carbons (Fsp3) is 0.200. The zero-order valence-electron chi connectivity index (χ0n) is 11.9. The van der Waals surface area contributed by atoms with Crippen molar-refractivity contribution in [3.8, 4) is 0 Å². The molecular formula is C15H15Cl2N3O2. The van der Waals surface area contributed by atoms with Crippen molar-refractivity contribution >= 4 is 40.5 Å². The van der Waals surface area contributed by atoms with Gasteiger partial charge in [0.15, 0.2) is 0 Å². The molecule has 5 nitrogen and oxygen atoms in total. The highest BCUT2D eigenvalue weighted by Crippen LogP contribution is 2.26. The van der Waals surface area contributed by atoms with E-state index in [9.17, 15) is 4.79 Å². The van der Waals surface area contributed by atoms with Crippen LogP contribution < -0.4 is 10.6 Å². The minimum atomic E-state index is -0.206. The zero-order valence-corrected chi connectivity index (χ0v) is 13.4. The van der Waals surface area contributed by atoms with Crippen molar-refractivity contribution in [2.75, 3.05) is 25.6 Å². The van der Waals surface area contributed by atoms with Gasteiger partial charge in [-0.2, -0.15) is 0 Å². The number of nitrogens with one attached hydrogen (secondary N) is 2. The summed E-state index contributed by atoms with van der Waals surface area (Å²) in [5.74, 6) is -0.206. The van der Waals surface area contributed by atoms with Crippen molar-refractivity contribution < 1.29 is 9.53 Å². The number of hydrogen-bond donors (Lipinski definition) is 2. The number of amides is 1. The molecule has 1 amide bonds. The van der Waals surface area contributed by atoms with Crippen LogP contribution in [-0.4, -0.2) is 31.2 Å². The summed E-state index contributed by atoms with van der Waals surface area (Å²) in [5, 5.41) is 6.80. The van der Waals surface area contributed by atoms with Crippen LogP contribution in [0, 0.1) is 0 Å². The number of hydrogen-bond acceptors (Lipinski definition) is 4. The molecule has 0 bridgehead atoms. The monoisotopic (exact) mass is 339 g/mol. The third-order valence-electron chi connectivity index (χ3n) is 2.80. The Morgan fingerprint density at radius 1 is 1.18 bits per heavy atom. The maximum Gasteiger partial charge on any atom is 0.253 e. The van der Waals surface area contributed by atoms with Crippen LogP contribution in [-0.2, 0) is 4.74 Å². The number of halogens is 2. The van der Waals surface area contributed by atoms with Crippen molar-refractivity contribution in [3.05, 3.63) is 52.3 Å². The van der Waals surface area contributed by atoms with E-state index in [4.69, 9.17) is 27.9 Å². The van der Waals surface area contributed by atoms with Crippen molar-refractivity contribution in [2.24, 2.45) is 0 Å². The van der Waals surface area contributed by atoms with E-state index in [1.165, 1.54) is 6.20 Å². The molecule has 0 fully saturated rings. The van der Waals surface area contributed by atoms with Crippen LogP contribution >= 0.6 is 23.2 Å². The van der Waals surface area contributed by atoms with Crippen LogP contribution in [0.25, 0.3) is 0 Å². The highest BCUT2D eigenvalue weighted by atomic mass is 35.5. The predicted molar refractivity (Wildman–Crippen MR) is 88.2 cm³/mol. The van der Waals surface area contributed by atoms with E-state index >= 15 is 0 Å². The van der Waals surface area contributed by atoms with E-state index in [0.717, 1.165) is 5.69 Å². The molecule has 2 N–H and O–H groups in total. The first-order valence-electron chi connectivity index (χ1n) is 6.54. The number of pyridine rings is 1. The van der Waals surface area contributed by atoms with Gasteiger partial charge in [-0.05, 0) is 24.3 Å². The summed E-state index contributed by atoms with van der Waals surface area (Å²) >= 11 is 11.8. The second kappa shape index (κ2) is 7.98. The molecular weight excluding hydrogens is 325 g/mol. The van der Waals surface area contributed by atoms with Crippen molar-refractivity contribution in [1.29, 1.82) is 0 Å². The number of rotatable bonds is 6. The lowest BCUT2D eigenvalue weighted by molar-refractivity contribution is 0.0937. The number of nitrogens with zero attached hydrogens (tertiary/aromatic N) is 1. The normalized spacial score (nSPS) is 10.3. The molecule has 0 saturated heterocycles. The molecule has 116 valence electrons. The molecule has 0 unspecified atom stereocenters. The summed E-state index contributed by atoms with van der Waals surface area (Å²) in [7, 11) is 1.58. The van der Waals surface area contributed by atoms with Crippen molar-refractivity contribution in [3.63, 3.8) is 0 Å². The molecule has 0 atom stereocenters. The van der Waals surface area contributed by atoms with Crippen LogP contribution in [0.2, 0.25) is 10.0 Å². The molecule has 0 aliphatic heterocycles. The molecule has 1 aromatic heterocycles. The Labute approximate surface area is 138 Å². The van der Waals surface area contributed by atoms with Crippen LogP contribution in [0.4, 0.5) is 11.4 Å². The fourth-order valence-electron chi connectivity index (χ4n) is 1.74. The summed E-state index contributed by atoms with van der Waals surface area (Å²) in [4.78, 5) is 16.0. The second-order valence-corrected chi connectivity index (χ2v) is 5.28. The number of aromatic nitrogens is 1. The summed E-state index contributed by atoms with van der Waals surface area (Å²) in [5.41, 5.74) is 1.90. The van der Waals surface area contributed by atoms with E-state index in [1.54, 1.807) is 37.6 Å². The van der Waals surface area contributed by atoms with Gasteiger partial charge < -0.3 is 15.4 Å². The van der Waals surface area contributed by atoms with Gasteiger partial charge in [0.05, 0.1) is 34.1 Å². The molecule has 0 spiro atoms. The van der Waals surface area contributed by atoms with E-state index in [-0.39, 0.29) is 5.91 Å². The molecule has 2 rings (SSSR count). The Morgan fingerprint density at radius 3 is 2.73 bits per heavy atom. The maximum absolute atomic E-state index is 11.9. The lowest BCUT2D eigenvalue weighted by Gasteiger charge is -2.09. The topological polar surface area (TPSA) is 63.2 Å². The first kappa shape index (κ1) is 16.5. The average molecular weight is 340 g/mol. The summed E-state index contributed by atoms with van der Waals surface area (Å²) in [6.07, 6.45) is 3.12. The van der Waals surface area contributed by atoms with E-state index in [1.807, 2.05) is 0 Å². The molecule has 22 heavy (non-hydrogen) atoms. The second-order valence-electron chi connectivity index (χ2n) is 4.46. The first-order valence-corrected chi connectivity index (χ1v) is 7.30. The van der Waals surface area contributed by atoms with Crippen LogP contribution in [0.5, 0.6) is 0 Å². The summed E-state index contributed by atoms with van der Waals surface area (Å²) in [6, 6.07) is 6.90. The lowest BCUT2D eigenvalue weighted by Crippen LogP contribution is -2.27. The average Bonchev–Trinajstić information content (AvgIpc) is 2.51. The Kier molecular flexibility index (Phi) is 6.00. The van der Waals surface area contributed by atoms with Crippen molar-refractivity contribution in [2.45, 2.75) is 0 Å². The minimum Gasteiger partial charge on any atom is -0.383 e. The molecule has 0 saturated carbocycles. The van der Waals surface area contributed by atoms with E-state index in [0.29, 0.717) is 34.4 Å². The highest BCUT2D eigenvalue weighted by Gasteiger charge is 2.07. The van der Waals surface area contributed by atoms with E-state index < -0.39 is 0 Å². The number of anilines is 2. The largest absolute Gasteiger partial charge is 0.383 e. The molecule has 1 aromatic carbocycles. The van der Waals surface area contributed by atoms with Gasteiger partial charge in [-0.3, -0.25) is 9.78 Å². The van der Waals surface area contributed by atoms with Gasteiger partial charge >= 0.3 is 0 Å². The Bertz CT molecular complexity index is 665. The van der Waals surface area contributed by atoms with Gasteiger partial charge in [0, 0.05) is 25.5 Å². The van der Waals surface area contributed by atoms with Gasteiger partial charge in [0.1, 0.15) is 0 Å². The SMILES string of the molecule is COCCNC(=O)c1cncc(Nc2ccc(Cl)c(Cl)c2)c1. The molecule has 0 aliphatic rings. The molecule has 2 aromatic rings. The quantitative estimate of drug-likeness (QED) is 0.790. The summed E-state index contributed by atoms with van der Waals surface area (Å²) in [6.45, 7) is 0.903. The van der Waals surface area contributed by atoms with Gasteiger partial charge in [0.25, 0.3) is 5.91 Å². The zero-order chi connectivity index (χ0) is 15.9. The molecule has 0 radical (unpaired) electrons. The molecule has 7 heteroatoms. The van der Waals surface area contributed by atoms with Gasteiger partial charge in [-0.15, -0.1) is 0 Å². The molecule has 1 heterocycles. The van der Waals surface area contributed by atoms with Crippen LogP contribution in [0.1, 0.15) is 10.4 Å². The van der Waals surface area contributed by atoms with Gasteiger partial charge in [0.2, 0.25) is 0 Å². The van der Waals surface area contributed by atoms with Crippen LogP contribution in [0.3, 0.4) is 0 Å².